The Balaban J connectivity index is 1.94. The highest BCUT2D eigenvalue weighted by Crippen LogP contribution is 2.41. The van der Waals surface area contributed by atoms with E-state index in [4.69, 9.17) is 17.3 Å². The Morgan fingerprint density at radius 3 is 2.71 bits per heavy atom. The Kier molecular flexibility index (Phi) is 2.85. The van der Waals surface area contributed by atoms with Crippen molar-refractivity contribution >= 4 is 11.6 Å². The van der Waals surface area contributed by atoms with E-state index in [-0.39, 0.29) is 17.9 Å². The maximum absolute atomic E-state index is 14.0. The van der Waals surface area contributed by atoms with Crippen molar-refractivity contribution in [3.05, 3.63) is 34.6 Å². The highest BCUT2D eigenvalue weighted by atomic mass is 35.5. The van der Waals surface area contributed by atoms with Gasteiger partial charge in [-0.15, -0.1) is 0 Å². The van der Waals surface area contributed by atoms with Gasteiger partial charge < -0.3 is 5.73 Å². The van der Waals surface area contributed by atoms with Gasteiger partial charge in [-0.25, -0.2) is 4.39 Å². The van der Waals surface area contributed by atoms with Crippen molar-refractivity contribution in [2.75, 3.05) is 6.54 Å². The number of hydrogen-bond acceptors (Lipinski definition) is 2. The zero-order valence-electron chi connectivity index (χ0n) is 9.57. The Bertz CT molecular complexity index is 433. The van der Waals surface area contributed by atoms with Crippen molar-refractivity contribution in [2.45, 2.75) is 37.4 Å². The van der Waals surface area contributed by atoms with Crippen LogP contribution in [0.3, 0.4) is 0 Å². The fraction of sp³-hybridized carbons (Fsp3) is 0.538. The zero-order chi connectivity index (χ0) is 12.0. The summed E-state index contributed by atoms with van der Waals surface area (Å²) in [6.45, 7) is 0.985. The van der Waals surface area contributed by atoms with Crippen LogP contribution in [0.4, 0.5) is 4.39 Å². The van der Waals surface area contributed by atoms with E-state index in [0.29, 0.717) is 16.6 Å². The number of rotatable bonds is 2. The molecule has 2 atom stereocenters. The van der Waals surface area contributed by atoms with Gasteiger partial charge in [0, 0.05) is 29.2 Å². The van der Waals surface area contributed by atoms with Gasteiger partial charge in [0.15, 0.2) is 0 Å². The molecule has 0 aromatic heterocycles. The summed E-state index contributed by atoms with van der Waals surface area (Å²) in [5.74, 6) is -0.231. The number of benzene rings is 1. The largest absolute Gasteiger partial charge is 0.326 e. The van der Waals surface area contributed by atoms with E-state index in [1.807, 2.05) is 0 Å². The summed E-state index contributed by atoms with van der Waals surface area (Å²) in [5.41, 5.74) is 6.83. The fourth-order valence-corrected chi connectivity index (χ4v) is 2.97. The summed E-state index contributed by atoms with van der Waals surface area (Å²) in [6.07, 6.45) is 3.39. The first-order chi connectivity index (χ1) is 8.16. The van der Waals surface area contributed by atoms with Gasteiger partial charge in [-0.05, 0) is 31.4 Å². The summed E-state index contributed by atoms with van der Waals surface area (Å²) >= 11 is 5.79. The molecule has 2 N–H and O–H groups in total. The van der Waals surface area contributed by atoms with Crippen LogP contribution in [-0.2, 0) is 0 Å². The van der Waals surface area contributed by atoms with E-state index < -0.39 is 0 Å². The SMILES string of the molecule is NC1CCN(C2CC2)C1c1ccc(Cl)cc1F. The van der Waals surface area contributed by atoms with Crippen molar-refractivity contribution in [1.82, 2.24) is 4.90 Å². The minimum absolute atomic E-state index is 0.0276. The molecule has 0 amide bonds. The Morgan fingerprint density at radius 1 is 1.29 bits per heavy atom. The summed E-state index contributed by atoms with van der Waals surface area (Å²) in [4.78, 5) is 2.36. The minimum atomic E-state index is -0.231. The van der Waals surface area contributed by atoms with Crippen LogP contribution < -0.4 is 5.73 Å². The molecule has 0 bridgehead atoms. The molecule has 2 fully saturated rings. The molecule has 1 aliphatic carbocycles. The molecule has 92 valence electrons. The summed E-state index contributed by atoms with van der Waals surface area (Å²) in [5, 5.41) is 0.441. The van der Waals surface area contributed by atoms with E-state index in [1.54, 1.807) is 12.1 Å². The van der Waals surface area contributed by atoms with Crippen molar-refractivity contribution < 1.29 is 4.39 Å². The van der Waals surface area contributed by atoms with Crippen LogP contribution in [-0.4, -0.2) is 23.5 Å². The molecule has 1 heterocycles. The van der Waals surface area contributed by atoms with Crippen LogP contribution in [0.5, 0.6) is 0 Å². The second-order valence-corrected chi connectivity index (χ2v) is 5.47. The summed E-state index contributed by atoms with van der Waals surface area (Å²) in [7, 11) is 0. The second-order valence-electron chi connectivity index (χ2n) is 5.03. The highest BCUT2D eigenvalue weighted by Gasteiger charge is 2.42. The lowest BCUT2D eigenvalue weighted by Gasteiger charge is -2.27. The molecule has 0 spiro atoms. The average molecular weight is 255 g/mol. The highest BCUT2D eigenvalue weighted by molar-refractivity contribution is 6.30. The molecule has 0 radical (unpaired) electrons. The number of halogens is 2. The first-order valence-electron chi connectivity index (χ1n) is 6.13. The van der Waals surface area contributed by atoms with Gasteiger partial charge in [-0.2, -0.15) is 0 Å². The molecule has 1 aromatic carbocycles. The van der Waals surface area contributed by atoms with Gasteiger partial charge in [0.25, 0.3) is 0 Å². The minimum Gasteiger partial charge on any atom is -0.326 e. The molecular weight excluding hydrogens is 239 g/mol. The maximum atomic E-state index is 14.0. The quantitative estimate of drug-likeness (QED) is 0.879. The van der Waals surface area contributed by atoms with Crippen molar-refractivity contribution in [3.63, 3.8) is 0 Å². The van der Waals surface area contributed by atoms with Crippen LogP contribution in [0.25, 0.3) is 0 Å². The van der Waals surface area contributed by atoms with Crippen LogP contribution in [0, 0.1) is 5.82 Å². The predicted octanol–water partition coefficient (Wildman–Crippen LogP) is 2.72. The monoisotopic (exact) mass is 254 g/mol. The lowest BCUT2D eigenvalue weighted by molar-refractivity contribution is 0.232. The third-order valence-corrected chi connectivity index (χ3v) is 4.02. The molecule has 1 saturated carbocycles. The smallest absolute Gasteiger partial charge is 0.129 e. The Morgan fingerprint density at radius 2 is 2.06 bits per heavy atom. The predicted molar refractivity (Wildman–Crippen MR) is 66.5 cm³/mol. The first-order valence-corrected chi connectivity index (χ1v) is 6.51. The zero-order valence-corrected chi connectivity index (χ0v) is 10.3. The molecule has 17 heavy (non-hydrogen) atoms. The van der Waals surface area contributed by atoms with Gasteiger partial charge in [0.2, 0.25) is 0 Å². The molecule has 1 saturated heterocycles. The summed E-state index contributed by atoms with van der Waals surface area (Å²) < 4.78 is 14.0. The molecule has 3 rings (SSSR count). The normalized spacial score (nSPS) is 29.8. The van der Waals surface area contributed by atoms with Gasteiger partial charge in [-0.3, -0.25) is 4.90 Å². The molecule has 4 heteroatoms. The van der Waals surface area contributed by atoms with Gasteiger partial charge in [0.05, 0.1) is 6.04 Å². The topological polar surface area (TPSA) is 29.3 Å². The Hall–Kier alpha value is -0.640. The summed E-state index contributed by atoms with van der Waals surface area (Å²) in [6, 6.07) is 5.58. The number of likely N-dealkylation sites (tertiary alicyclic amines) is 1. The van der Waals surface area contributed by atoms with Gasteiger partial charge in [0.1, 0.15) is 5.82 Å². The standard InChI is InChI=1S/C13H16ClFN2/c14-8-1-4-10(11(15)7-8)13-12(16)5-6-17(13)9-2-3-9/h1,4,7,9,12-13H,2-3,5-6,16H2. The third-order valence-electron chi connectivity index (χ3n) is 3.78. The van der Waals surface area contributed by atoms with E-state index in [1.165, 1.54) is 18.9 Å². The lowest BCUT2D eigenvalue weighted by Crippen LogP contribution is -2.33. The van der Waals surface area contributed by atoms with Crippen molar-refractivity contribution in [2.24, 2.45) is 5.73 Å². The Labute approximate surface area is 106 Å². The average Bonchev–Trinajstić information content (AvgIpc) is 3.04. The number of nitrogens with two attached hydrogens (primary N) is 1. The van der Waals surface area contributed by atoms with E-state index in [9.17, 15) is 4.39 Å². The number of nitrogens with zero attached hydrogens (tertiary/aromatic N) is 1. The van der Waals surface area contributed by atoms with Crippen molar-refractivity contribution in [1.29, 1.82) is 0 Å². The lowest BCUT2D eigenvalue weighted by atomic mass is 10.00. The molecule has 1 aliphatic heterocycles. The number of hydrogen-bond donors (Lipinski definition) is 1. The molecule has 1 aromatic rings. The van der Waals surface area contributed by atoms with E-state index in [2.05, 4.69) is 4.90 Å². The second kappa shape index (κ2) is 4.23. The maximum Gasteiger partial charge on any atom is 0.129 e. The molecule has 2 aliphatic rings. The fourth-order valence-electron chi connectivity index (χ4n) is 2.81. The molecule has 2 unspecified atom stereocenters. The van der Waals surface area contributed by atoms with E-state index in [0.717, 1.165) is 13.0 Å². The van der Waals surface area contributed by atoms with Crippen LogP contribution in [0.2, 0.25) is 5.02 Å². The first kappa shape index (κ1) is 11.5. The van der Waals surface area contributed by atoms with Crippen molar-refractivity contribution in [3.8, 4) is 0 Å². The molecule has 2 nitrogen and oxygen atoms in total. The van der Waals surface area contributed by atoms with E-state index >= 15 is 0 Å². The van der Waals surface area contributed by atoms with Gasteiger partial charge >= 0.3 is 0 Å². The van der Waals surface area contributed by atoms with Crippen LogP contribution in [0.15, 0.2) is 18.2 Å². The third kappa shape index (κ3) is 2.07. The van der Waals surface area contributed by atoms with Gasteiger partial charge in [-0.1, -0.05) is 17.7 Å². The molecular formula is C13H16ClFN2. The van der Waals surface area contributed by atoms with Crippen LogP contribution >= 0.6 is 11.6 Å². The van der Waals surface area contributed by atoms with Crippen LogP contribution in [0.1, 0.15) is 30.9 Å².